The molecule has 0 radical (unpaired) electrons. The van der Waals surface area contributed by atoms with Crippen LogP contribution in [0.4, 0.5) is 5.69 Å². The van der Waals surface area contributed by atoms with E-state index >= 15 is 0 Å². The largest absolute Gasteiger partial charge is 0.455 e. The molecule has 0 aromatic heterocycles. The van der Waals surface area contributed by atoms with Crippen LogP contribution in [0.1, 0.15) is 12.8 Å². The summed E-state index contributed by atoms with van der Waals surface area (Å²) in [5.74, 6) is 1.17. The molecular formula is C15H15NO3S. The van der Waals surface area contributed by atoms with Crippen molar-refractivity contribution in [2.75, 3.05) is 4.72 Å². The van der Waals surface area contributed by atoms with E-state index in [1.54, 1.807) is 18.2 Å². The minimum absolute atomic E-state index is 0.257. The molecule has 20 heavy (non-hydrogen) atoms. The Morgan fingerprint density at radius 1 is 0.950 bits per heavy atom. The van der Waals surface area contributed by atoms with E-state index in [2.05, 4.69) is 4.72 Å². The van der Waals surface area contributed by atoms with Crippen LogP contribution >= 0.6 is 0 Å². The van der Waals surface area contributed by atoms with Crippen molar-refractivity contribution in [3.05, 3.63) is 54.6 Å². The Morgan fingerprint density at radius 3 is 2.30 bits per heavy atom. The van der Waals surface area contributed by atoms with Gasteiger partial charge in [0.1, 0.15) is 5.75 Å². The first-order valence-electron chi connectivity index (χ1n) is 6.49. The Balaban J connectivity index is 1.85. The van der Waals surface area contributed by atoms with Gasteiger partial charge in [0.25, 0.3) is 0 Å². The normalized spacial score (nSPS) is 14.8. The molecule has 3 rings (SSSR count). The number of anilines is 1. The van der Waals surface area contributed by atoms with Gasteiger partial charge in [-0.2, -0.15) is 0 Å². The molecule has 0 spiro atoms. The van der Waals surface area contributed by atoms with Gasteiger partial charge in [-0.1, -0.05) is 30.3 Å². The van der Waals surface area contributed by atoms with E-state index < -0.39 is 10.0 Å². The van der Waals surface area contributed by atoms with E-state index in [1.165, 1.54) is 0 Å². The standard InChI is InChI=1S/C15H15NO3S/c17-20(18,13-10-11-13)16-14-8-4-5-9-15(14)19-12-6-2-1-3-7-12/h1-9,13,16H,10-11H2. The predicted octanol–water partition coefficient (Wildman–Crippen LogP) is 3.38. The molecule has 4 nitrogen and oxygen atoms in total. The van der Waals surface area contributed by atoms with Crippen LogP contribution in [0.5, 0.6) is 11.5 Å². The van der Waals surface area contributed by atoms with Gasteiger partial charge < -0.3 is 4.74 Å². The highest BCUT2D eigenvalue weighted by Gasteiger charge is 2.36. The second kappa shape index (κ2) is 5.17. The topological polar surface area (TPSA) is 55.4 Å². The van der Waals surface area contributed by atoms with Gasteiger partial charge >= 0.3 is 0 Å². The van der Waals surface area contributed by atoms with E-state index in [0.717, 1.165) is 12.8 Å². The molecule has 0 saturated heterocycles. The molecule has 1 N–H and O–H groups in total. The first-order chi connectivity index (χ1) is 9.65. The Kier molecular flexibility index (Phi) is 3.36. The van der Waals surface area contributed by atoms with Gasteiger partial charge in [-0.15, -0.1) is 0 Å². The van der Waals surface area contributed by atoms with Gasteiger partial charge in [-0.3, -0.25) is 4.72 Å². The van der Waals surface area contributed by atoms with Crippen LogP contribution in [0, 0.1) is 0 Å². The maximum Gasteiger partial charge on any atom is 0.235 e. The SMILES string of the molecule is O=S(=O)(Nc1ccccc1Oc1ccccc1)C1CC1. The van der Waals surface area contributed by atoms with Gasteiger partial charge in [0.15, 0.2) is 5.75 Å². The van der Waals surface area contributed by atoms with E-state index in [4.69, 9.17) is 4.74 Å². The number of para-hydroxylation sites is 3. The quantitative estimate of drug-likeness (QED) is 0.918. The number of benzene rings is 2. The van der Waals surface area contributed by atoms with E-state index in [0.29, 0.717) is 17.2 Å². The monoisotopic (exact) mass is 289 g/mol. The molecule has 104 valence electrons. The van der Waals surface area contributed by atoms with Crippen LogP contribution < -0.4 is 9.46 Å². The molecule has 0 amide bonds. The molecular weight excluding hydrogens is 274 g/mol. The Bertz CT molecular complexity index is 694. The van der Waals surface area contributed by atoms with E-state index in [-0.39, 0.29) is 5.25 Å². The lowest BCUT2D eigenvalue weighted by Crippen LogP contribution is -2.17. The molecule has 2 aromatic carbocycles. The highest BCUT2D eigenvalue weighted by molar-refractivity contribution is 7.93. The van der Waals surface area contributed by atoms with Crippen LogP contribution in [0.15, 0.2) is 54.6 Å². The van der Waals surface area contributed by atoms with Crippen LogP contribution in [-0.4, -0.2) is 13.7 Å². The summed E-state index contributed by atoms with van der Waals surface area (Å²) in [5, 5.41) is -0.257. The zero-order chi connectivity index (χ0) is 14.0. The molecule has 0 unspecified atom stereocenters. The third kappa shape index (κ3) is 2.93. The van der Waals surface area contributed by atoms with Gasteiger partial charge in [0.05, 0.1) is 10.9 Å². The number of nitrogens with one attached hydrogen (secondary N) is 1. The van der Waals surface area contributed by atoms with Crippen molar-refractivity contribution in [1.82, 2.24) is 0 Å². The van der Waals surface area contributed by atoms with E-state index in [1.807, 2.05) is 36.4 Å². The van der Waals surface area contributed by atoms with Crippen molar-refractivity contribution < 1.29 is 13.2 Å². The average Bonchev–Trinajstić information content (AvgIpc) is 3.27. The summed E-state index contributed by atoms with van der Waals surface area (Å²) < 4.78 is 32.3. The minimum atomic E-state index is -3.28. The van der Waals surface area contributed by atoms with E-state index in [9.17, 15) is 8.42 Å². The second-order valence-corrected chi connectivity index (χ2v) is 6.72. The lowest BCUT2D eigenvalue weighted by molar-refractivity contribution is 0.485. The second-order valence-electron chi connectivity index (χ2n) is 4.76. The first kappa shape index (κ1) is 13.0. The third-order valence-electron chi connectivity index (χ3n) is 3.07. The number of rotatable bonds is 5. The van der Waals surface area contributed by atoms with Crippen molar-refractivity contribution in [3.8, 4) is 11.5 Å². The Morgan fingerprint density at radius 2 is 1.60 bits per heavy atom. The Labute approximate surface area is 118 Å². The summed E-state index contributed by atoms with van der Waals surface area (Å²) in [5.41, 5.74) is 0.475. The summed E-state index contributed by atoms with van der Waals surface area (Å²) >= 11 is 0. The van der Waals surface area contributed by atoms with Crippen LogP contribution in [-0.2, 0) is 10.0 Å². The number of sulfonamides is 1. The fourth-order valence-electron chi connectivity index (χ4n) is 1.87. The van der Waals surface area contributed by atoms with Gasteiger partial charge in [-0.25, -0.2) is 8.42 Å². The summed E-state index contributed by atoms with van der Waals surface area (Å²) in [7, 11) is -3.28. The van der Waals surface area contributed by atoms with Gasteiger partial charge in [0, 0.05) is 0 Å². The molecule has 2 aromatic rings. The maximum absolute atomic E-state index is 12.0. The molecule has 1 saturated carbocycles. The van der Waals surface area contributed by atoms with Crippen LogP contribution in [0.2, 0.25) is 0 Å². The predicted molar refractivity (Wildman–Crippen MR) is 78.5 cm³/mol. The van der Waals surface area contributed by atoms with Crippen molar-refractivity contribution in [2.24, 2.45) is 0 Å². The molecule has 0 atom stereocenters. The molecule has 5 heteroatoms. The smallest absolute Gasteiger partial charge is 0.235 e. The molecule has 1 fully saturated rings. The van der Waals surface area contributed by atoms with Crippen molar-refractivity contribution in [2.45, 2.75) is 18.1 Å². The zero-order valence-electron chi connectivity index (χ0n) is 10.8. The van der Waals surface area contributed by atoms with Crippen molar-refractivity contribution in [1.29, 1.82) is 0 Å². The number of hydrogen-bond donors (Lipinski definition) is 1. The minimum Gasteiger partial charge on any atom is -0.455 e. The molecule has 1 aliphatic carbocycles. The van der Waals surface area contributed by atoms with Crippen LogP contribution in [0.25, 0.3) is 0 Å². The lowest BCUT2D eigenvalue weighted by atomic mass is 10.3. The summed E-state index contributed by atoms with van der Waals surface area (Å²) in [6, 6.07) is 16.3. The number of ether oxygens (including phenoxy) is 1. The summed E-state index contributed by atoms with van der Waals surface area (Å²) in [6.07, 6.45) is 1.47. The van der Waals surface area contributed by atoms with Crippen LogP contribution in [0.3, 0.4) is 0 Å². The summed E-state index contributed by atoms with van der Waals surface area (Å²) in [4.78, 5) is 0. The molecule has 1 aliphatic rings. The summed E-state index contributed by atoms with van der Waals surface area (Å²) in [6.45, 7) is 0. The highest BCUT2D eigenvalue weighted by Crippen LogP contribution is 2.34. The Hall–Kier alpha value is -2.01. The molecule has 0 heterocycles. The first-order valence-corrected chi connectivity index (χ1v) is 8.03. The highest BCUT2D eigenvalue weighted by atomic mass is 32.2. The fraction of sp³-hybridized carbons (Fsp3) is 0.200. The van der Waals surface area contributed by atoms with Crippen molar-refractivity contribution >= 4 is 15.7 Å². The van der Waals surface area contributed by atoms with Gasteiger partial charge in [-0.05, 0) is 37.1 Å². The molecule has 0 aliphatic heterocycles. The average molecular weight is 289 g/mol. The zero-order valence-corrected chi connectivity index (χ0v) is 11.6. The molecule has 0 bridgehead atoms. The van der Waals surface area contributed by atoms with Crippen molar-refractivity contribution in [3.63, 3.8) is 0 Å². The maximum atomic E-state index is 12.0. The fourth-order valence-corrected chi connectivity index (χ4v) is 3.27. The lowest BCUT2D eigenvalue weighted by Gasteiger charge is -2.13. The third-order valence-corrected chi connectivity index (χ3v) is 4.93. The number of hydrogen-bond acceptors (Lipinski definition) is 3. The van der Waals surface area contributed by atoms with Gasteiger partial charge in [0.2, 0.25) is 10.0 Å².